The summed E-state index contributed by atoms with van der Waals surface area (Å²) in [7, 11) is 6.14. The van der Waals surface area contributed by atoms with Crippen molar-refractivity contribution < 1.29 is 14.0 Å². The lowest BCUT2D eigenvalue weighted by atomic mass is 10.5. The molecule has 0 atom stereocenters. The Morgan fingerprint density at radius 2 is 2.15 bits per heavy atom. The summed E-state index contributed by atoms with van der Waals surface area (Å²) >= 11 is 0. The zero-order valence-corrected chi connectivity index (χ0v) is 8.67. The molecule has 0 aliphatic carbocycles. The molecule has 4 heteroatoms. The Hall–Kier alpha value is -1.03. The van der Waals surface area contributed by atoms with E-state index < -0.39 is 0 Å². The van der Waals surface area contributed by atoms with Crippen molar-refractivity contribution in [1.29, 1.82) is 0 Å². The summed E-state index contributed by atoms with van der Waals surface area (Å²) in [5, 5.41) is 2.53. The van der Waals surface area contributed by atoms with Gasteiger partial charge >= 0.3 is 6.09 Å². The first-order valence-electron chi connectivity index (χ1n) is 4.27. The lowest BCUT2D eigenvalue weighted by molar-refractivity contribution is -0.870. The van der Waals surface area contributed by atoms with Gasteiger partial charge in [0.25, 0.3) is 0 Å². The third-order valence-electron chi connectivity index (χ3n) is 1.39. The van der Waals surface area contributed by atoms with Crippen molar-refractivity contribution in [3.8, 4) is 0 Å². The fourth-order valence-electron chi connectivity index (χ4n) is 0.619. The number of rotatable bonds is 5. The van der Waals surface area contributed by atoms with Gasteiger partial charge in [-0.05, 0) is 0 Å². The van der Waals surface area contributed by atoms with E-state index >= 15 is 0 Å². The third kappa shape index (κ3) is 8.88. The monoisotopic (exact) mass is 187 g/mol. The molecule has 0 aliphatic rings. The lowest BCUT2D eigenvalue weighted by Crippen LogP contribution is -2.38. The minimum Gasteiger partial charge on any atom is -0.444 e. The second kappa shape index (κ2) is 5.59. The van der Waals surface area contributed by atoms with Crippen molar-refractivity contribution in [3.63, 3.8) is 0 Å². The molecule has 0 aromatic heterocycles. The molecule has 0 saturated heterocycles. The summed E-state index contributed by atoms with van der Waals surface area (Å²) in [6.45, 7) is 5.17. The van der Waals surface area contributed by atoms with Crippen LogP contribution in [0.1, 0.15) is 0 Å². The van der Waals surface area contributed by atoms with Gasteiger partial charge < -0.3 is 14.5 Å². The summed E-state index contributed by atoms with van der Waals surface area (Å²) < 4.78 is 5.69. The number of nitrogens with one attached hydrogen (secondary N) is 1. The molecule has 0 heterocycles. The fourth-order valence-corrected chi connectivity index (χ4v) is 0.619. The van der Waals surface area contributed by atoms with Crippen molar-refractivity contribution in [2.75, 3.05) is 40.8 Å². The number of alkyl carbamates (subject to hydrolysis) is 1. The predicted octanol–water partition coefficient (Wildman–Crippen LogP) is 0.605. The van der Waals surface area contributed by atoms with Gasteiger partial charge in [-0.2, -0.15) is 0 Å². The molecule has 1 amide bonds. The van der Waals surface area contributed by atoms with Gasteiger partial charge in [-0.3, -0.25) is 0 Å². The van der Waals surface area contributed by atoms with Gasteiger partial charge in [-0.25, -0.2) is 4.79 Å². The van der Waals surface area contributed by atoms with Gasteiger partial charge in [-0.1, -0.05) is 6.08 Å². The Kier molecular flexibility index (Phi) is 5.14. The van der Waals surface area contributed by atoms with Crippen LogP contribution in [-0.2, 0) is 4.74 Å². The molecule has 4 nitrogen and oxygen atoms in total. The number of hydrogen-bond donors (Lipinski definition) is 1. The van der Waals surface area contributed by atoms with Crippen LogP contribution < -0.4 is 5.32 Å². The first kappa shape index (κ1) is 12.0. The molecule has 0 unspecified atom stereocenters. The third-order valence-corrected chi connectivity index (χ3v) is 1.39. The van der Waals surface area contributed by atoms with Crippen molar-refractivity contribution in [2.45, 2.75) is 0 Å². The number of ether oxygens (including phenoxy) is 1. The molecule has 0 bridgehead atoms. The van der Waals surface area contributed by atoms with Crippen LogP contribution in [0, 0.1) is 0 Å². The minimum atomic E-state index is -0.381. The highest BCUT2D eigenvalue weighted by Gasteiger charge is 2.08. The molecule has 1 N–H and O–H groups in total. The Morgan fingerprint density at radius 3 is 2.62 bits per heavy atom. The maximum Gasteiger partial charge on any atom is 0.407 e. The summed E-state index contributed by atoms with van der Waals surface area (Å²) in [5.74, 6) is 0. The molecule has 76 valence electrons. The number of quaternary nitrogens is 1. The summed E-state index contributed by atoms with van der Waals surface area (Å²) in [6.07, 6.45) is 1.23. The number of nitrogens with zero attached hydrogens (tertiary/aromatic N) is 1. The molecule has 0 rings (SSSR count). The number of amides is 1. The van der Waals surface area contributed by atoms with E-state index in [1.165, 1.54) is 0 Å². The van der Waals surface area contributed by atoms with Gasteiger partial charge in [0.2, 0.25) is 0 Å². The normalized spacial score (nSPS) is 10.7. The van der Waals surface area contributed by atoms with Gasteiger partial charge in [-0.15, -0.1) is 6.58 Å². The van der Waals surface area contributed by atoms with Crippen molar-refractivity contribution in [2.24, 2.45) is 0 Å². The molecular weight excluding hydrogens is 168 g/mol. The zero-order valence-electron chi connectivity index (χ0n) is 8.67. The van der Waals surface area contributed by atoms with Crippen LogP contribution in [0.5, 0.6) is 0 Å². The molecular formula is C9H19N2O2+. The van der Waals surface area contributed by atoms with Crippen LogP contribution in [0.3, 0.4) is 0 Å². The van der Waals surface area contributed by atoms with Crippen molar-refractivity contribution >= 4 is 6.09 Å². The SMILES string of the molecule is C=CCNC(=O)OCC[N+](C)(C)C. The van der Waals surface area contributed by atoms with E-state index in [1.807, 2.05) is 21.1 Å². The second-order valence-electron chi connectivity index (χ2n) is 3.82. The van der Waals surface area contributed by atoms with Gasteiger partial charge in [0.15, 0.2) is 0 Å². The van der Waals surface area contributed by atoms with Crippen molar-refractivity contribution in [1.82, 2.24) is 5.32 Å². The smallest absolute Gasteiger partial charge is 0.407 e. The van der Waals surface area contributed by atoms with E-state index in [0.29, 0.717) is 13.2 Å². The standard InChI is InChI=1S/C9H18N2O2/c1-5-6-10-9(12)13-8-7-11(2,3)4/h5H,1,6-8H2,2-4H3/p+1. The average Bonchev–Trinajstić information content (AvgIpc) is 1.98. The Morgan fingerprint density at radius 1 is 1.54 bits per heavy atom. The molecule has 0 aromatic rings. The Labute approximate surface area is 79.8 Å². The average molecular weight is 187 g/mol. The van der Waals surface area contributed by atoms with Crippen LogP contribution in [-0.4, -0.2) is 51.4 Å². The predicted molar refractivity (Wildman–Crippen MR) is 52.4 cm³/mol. The molecule has 0 spiro atoms. The Balaban J connectivity index is 3.42. The number of likely N-dealkylation sites (N-methyl/N-ethyl adjacent to an activating group) is 1. The highest BCUT2D eigenvalue weighted by molar-refractivity contribution is 5.67. The largest absolute Gasteiger partial charge is 0.444 e. The summed E-state index contributed by atoms with van der Waals surface area (Å²) in [4.78, 5) is 10.9. The van der Waals surface area contributed by atoms with E-state index in [-0.39, 0.29) is 6.09 Å². The highest BCUT2D eigenvalue weighted by Crippen LogP contribution is 1.89. The number of hydrogen-bond acceptors (Lipinski definition) is 2. The Bertz CT molecular complexity index is 173. The fraction of sp³-hybridized carbons (Fsp3) is 0.667. The molecule has 0 aromatic carbocycles. The van der Waals surface area contributed by atoms with E-state index in [1.54, 1.807) is 6.08 Å². The molecule has 0 aliphatic heterocycles. The maximum atomic E-state index is 10.9. The number of carbonyl (C=O) groups excluding carboxylic acids is 1. The van der Waals surface area contributed by atoms with Gasteiger partial charge in [0, 0.05) is 6.54 Å². The highest BCUT2D eigenvalue weighted by atomic mass is 16.5. The maximum absolute atomic E-state index is 10.9. The van der Waals surface area contributed by atoms with Gasteiger partial charge in [0.05, 0.1) is 21.1 Å². The zero-order chi connectivity index (χ0) is 10.3. The lowest BCUT2D eigenvalue weighted by Gasteiger charge is -2.23. The first-order chi connectivity index (χ1) is 5.95. The van der Waals surface area contributed by atoms with Crippen LogP contribution in [0.25, 0.3) is 0 Å². The van der Waals surface area contributed by atoms with Crippen LogP contribution in [0.2, 0.25) is 0 Å². The van der Waals surface area contributed by atoms with E-state index in [4.69, 9.17) is 4.74 Å². The quantitative estimate of drug-likeness (QED) is 0.506. The molecule has 0 fully saturated rings. The topological polar surface area (TPSA) is 38.3 Å². The van der Waals surface area contributed by atoms with E-state index in [2.05, 4.69) is 11.9 Å². The van der Waals surface area contributed by atoms with E-state index in [0.717, 1.165) is 11.0 Å². The second-order valence-corrected chi connectivity index (χ2v) is 3.82. The van der Waals surface area contributed by atoms with Crippen LogP contribution in [0.15, 0.2) is 12.7 Å². The molecule has 13 heavy (non-hydrogen) atoms. The summed E-state index contributed by atoms with van der Waals surface area (Å²) in [6, 6.07) is 0. The van der Waals surface area contributed by atoms with Crippen molar-refractivity contribution in [3.05, 3.63) is 12.7 Å². The minimum absolute atomic E-state index is 0.381. The molecule has 0 radical (unpaired) electrons. The molecule has 0 saturated carbocycles. The van der Waals surface area contributed by atoms with Gasteiger partial charge in [0.1, 0.15) is 13.2 Å². The van der Waals surface area contributed by atoms with Crippen LogP contribution >= 0.6 is 0 Å². The number of carbonyl (C=O) groups is 1. The summed E-state index contributed by atoms with van der Waals surface area (Å²) in [5.41, 5.74) is 0. The van der Waals surface area contributed by atoms with E-state index in [9.17, 15) is 4.79 Å². The van der Waals surface area contributed by atoms with Crippen LogP contribution in [0.4, 0.5) is 4.79 Å². The first-order valence-corrected chi connectivity index (χ1v) is 4.27.